The van der Waals surface area contributed by atoms with E-state index in [2.05, 4.69) is 23.5 Å². The molecule has 0 saturated carbocycles. The van der Waals surface area contributed by atoms with Gasteiger partial charge in [0.05, 0.1) is 10.9 Å². The first-order chi connectivity index (χ1) is 16.4. The summed E-state index contributed by atoms with van der Waals surface area (Å²) in [6.07, 6.45) is 5.75. The maximum atomic E-state index is 13.2. The Morgan fingerprint density at radius 2 is 1.68 bits per heavy atom. The van der Waals surface area contributed by atoms with Gasteiger partial charge in [0.1, 0.15) is 13.2 Å². The van der Waals surface area contributed by atoms with Crippen LogP contribution in [0.4, 0.5) is 0 Å². The van der Waals surface area contributed by atoms with E-state index in [0.29, 0.717) is 50.6 Å². The molecule has 5 rings (SSSR count). The van der Waals surface area contributed by atoms with Gasteiger partial charge in [-0.3, -0.25) is 4.79 Å². The van der Waals surface area contributed by atoms with E-state index in [4.69, 9.17) is 9.47 Å². The normalized spacial score (nSPS) is 19.8. The number of aryl methyl sites for hydroxylation is 2. The largest absolute Gasteiger partial charge is 0.486 e. The smallest absolute Gasteiger partial charge is 0.243 e. The number of carbonyl (C=O) groups is 1. The van der Waals surface area contributed by atoms with Crippen molar-refractivity contribution < 1.29 is 22.7 Å². The van der Waals surface area contributed by atoms with Gasteiger partial charge in [0.25, 0.3) is 0 Å². The Balaban J connectivity index is 1.19. The minimum absolute atomic E-state index is 0.00148. The van der Waals surface area contributed by atoms with Gasteiger partial charge in [-0.05, 0) is 74.3 Å². The maximum Gasteiger partial charge on any atom is 0.243 e. The average molecular weight is 485 g/mol. The zero-order valence-corrected chi connectivity index (χ0v) is 20.4. The van der Waals surface area contributed by atoms with Crippen LogP contribution < -0.4 is 14.8 Å². The van der Waals surface area contributed by atoms with Crippen molar-refractivity contribution in [1.29, 1.82) is 0 Å². The number of ether oxygens (including phenoxy) is 2. The molecule has 0 unspecified atom stereocenters. The molecule has 0 radical (unpaired) electrons. The van der Waals surface area contributed by atoms with Crippen molar-refractivity contribution in [3.8, 4) is 11.5 Å². The Morgan fingerprint density at radius 1 is 0.971 bits per heavy atom. The van der Waals surface area contributed by atoms with Crippen LogP contribution in [0.25, 0.3) is 0 Å². The van der Waals surface area contributed by atoms with E-state index in [1.807, 2.05) is 6.92 Å². The van der Waals surface area contributed by atoms with Gasteiger partial charge in [0.2, 0.25) is 15.9 Å². The predicted octanol–water partition coefficient (Wildman–Crippen LogP) is 3.61. The lowest BCUT2D eigenvalue weighted by Gasteiger charge is -2.31. The Kier molecular flexibility index (Phi) is 6.53. The van der Waals surface area contributed by atoms with Crippen molar-refractivity contribution in [2.75, 3.05) is 26.3 Å². The highest BCUT2D eigenvalue weighted by Gasteiger charge is 2.33. The number of piperidine rings is 1. The number of fused-ring (bicyclic) bond motifs is 2. The lowest BCUT2D eigenvalue weighted by atomic mass is 9.89. The molecular formula is C26H32N2O5S. The highest BCUT2D eigenvalue weighted by Crippen LogP contribution is 2.34. The van der Waals surface area contributed by atoms with Crippen LogP contribution in [0.5, 0.6) is 11.5 Å². The van der Waals surface area contributed by atoms with Crippen molar-refractivity contribution in [1.82, 2.24) is 9.62 Å². The fourth-order valence-corrected chi connectivity index (χ4v) is 6.61. The Hall–Kier alpha value is -2.58. The van der Waals surface area contributed by atoms with Gasteiger partial charge in [-0.25, -0.2) is 8.42 Å². The molecule has 2 aromatic carbocycles. The summed E-state index contributed by atoms with van der Waals surface area (Å²) >= 11 is 0. The van der Waals surface area contributed by atoms with Gasteiger partial charge in [0.15, 0.2) is 11.5 Å². The van der Waals surface area contributed by atoms with Gasteiger partial charge in [-0.2, -0.15) is 4.31 Å². The molecule has 2 heterocycles. The fraction of sp³-hybridized carbons (Fsp3) is 0.500. The van der Waals surface area contributed by atoms with E-state index in [0.717, 1.165) is 18.4 Å². The van der Waals surface area contributed by atoms with Gasteiger partial charge < -0.3 is 14.8 Å². The molecule has 182 valence electrons. The molecule has 2 aliphatic heterocycles. The Labute approximate surface area is 201 Å². The van der Waals surface area contributed by atoms with Crippen LogP contribution in [-0.4, -0.2) is 44.9 Å². The SMILES string of the molecule is C[C@@H](NC(=O)C1CCN(S(=O)(=O)c2ccc3c(c2)OCCO3)CC1)c1ccc2c(c1)CCCC2. The lowest BCUT2D eigenvalue weighted by Crippen LogP contribution is -2.43. The molecule has 0 aromatic heterocycles. The monoisotopic (exact) mass is 484 g/mol. The maximum absolute atomic E-state index is 13.2. The highest BCUT2D eigenvalue weighted by molar-refractivity contribution is 7.89. The average Bonchev–Trinajstić information content (AvgIpc) is 2.88. The molecule has 3 aliphatic rings. The molecule has 1 fully saturated rings. The fourth-order valence-electron chi connectivity index (χ4n) is 5.13. The summed E-state index contributed by atoms with van der Waals surface area (Å²) in [5, 5.41) is 3.15. The lowest BCUT2D eigenvalue weighted by molar-refractivity contribution is -0.126. The second-order valence-corrected chi connectivity index (χ2v) is 11.4. The standard InChI is InChI=1S/C26H32N2O5S/c1-18(21-7-6-19-4-2-3-5-22(19)16-21)27-26(29)20-10-12-28(13-11-20)34(30,31)23-8-9-24-25(17-23)33-15-14-32-24/h6-9,16-18,20H,2-5,10-15H2,1H3,(H,27,29)/t18-/m1/s1. The third kappa shape index (κ3) is 4.66. The number of carbonyl (C=O) groups excluding carboxylic acids is 1. The van der Waals surface area contributed by atoms with Gasteiger partial charge in [-0.15, -0.1) is 0 Å². The zero-order chi connectivity index (χ0) is 23.7. The van der Waals surface area contributed by atoms with Crippen LogP contribution in [0.15, 0.2) is 41.3 Å². The van der Waals surface area contributed by atoms with Gasteiger partial charge in [0, 0.05) is 25.1 Å². The summed E-state index contributed by atoms with van der Waals surface area (Å²) in [6, 6.07) is 11.2. The summed E-state index contributed by atoms with van der Waals surface area (Å²) < 4.78 is 38.8. The number of benzene rings is 2. The third-order valence-corrected chi connectivity index (χ3v) is 9.10. The molecule has 1 atom stereocenters. The van der Waals surface area contributed by atoms with Crippen LogP contribution in [0.1, 0.15) is 55.3 Å². The third-order valence-electron chi connectivity index (χ3n) is 7.21. The first-order valence-electron chi connectivity index (χ1n) is 12.2. The summed E-state index contributed by atoms with van der Waals surface area (Å²) in [5.41, 5.74) is 3.97. The number of amides is 1. The van der Waals surface area contributed by atoms with E-state index in [9.17, 15) is 13.2 Å². The topological polar surface area (TPSA) is 84.9 Å². The van der Waals surface area contributed by atoms with Gasteiger partial charge in [-0.1, -0.05) is 18.2 Å². The summed E-state index contributed by atoms with van der Waals surface area (Å²) in [5.74, 6) is 0.833. The highest BCUT2D eigenvalue weighted by atomic mass is 32.2. The minimum Gasteiger partial charge on any atom is -0.486 e. The van der Waals surface area contributed by atoms with Crippen LogP contribution in [0.2, 0.25) is 0 Å². The second-order valence-electron chi connectivity index (χ2n) is 9.45. The number of nitrogens with zero attached hydrogens (tertiary/aromatic N) is 1. The van der Waals surface area contributed by atoms with Crippen molar-refractivity contribution >= 4 is 15.9 Å². The number of sulfonamides is 1. The van der Waals surface area contributed by atoms with Crippen molar-refractivity contribution in [3.05, 3.63) is 53.1 Å². The second kappa shape index (κ2) is 9.58. The number of hydrogen-bond acceptors (Lipinski definition) is 5. The molecule has 34 heavy (non-hydrogen) atoms. The molecule has 1 amide bonds. The Morgan fingerprint density at radius 3 is 2.44 bits per heavy atom. The van der Waals surface area contributed by atoms with Crippen LogP contribution in [0.3, 0.4) is 0 Å². The quantitative estimate of drug-likeness (QED) is 0.701. The van der Waals surface area contributed by atoms with E-state index in [1.54, 1.807) is 12.1 Å². The molecule has 0 bridgehead atoms. The number of hydrogen-bond donors (Lipinski definition) is 1. The summed E-state index contributed by atoms with van der Waals surface area (Å²) in [7, 11) is -3.65. The first-order valence-corrected chi connectivity index (χ1v) is 13.7. The van der Waals surface area contributed by atoms with E-state index >= 15 is 0 Å². The molecule has 8 heteroatoms. The molecule has 1 N–H and O–H groups in total. The van der Waals surface area contributed by atoms with Crippen molar-refractivity contribution in [2.45, 2.75) is 56.4 Å². The van der Waals surface area contributed by atoms with Crippen LogP contribution in [0, 0.1) is 5.92 Å². The predicted molar refractivity (Wildman–Crippen MR) is 129 cm³/mol. The minimum atomic E-state index is -3.65. The van der Waals surface area contributed by atoms with Crippen LogP contribution >= 0.6 is 0 Å². The van der Waals surface area contributed by atoms with Crippen LogP contribution in [-0.2, 0) is 27.7 Å². The van der Waals surface area contributed by atoms with Crippen molar-refractivity contribution in [2.24, 2.45) is 5.92 Å². The number of nitrogens with one attached hydrogen (secondary N) is 1. The van der Waals surface area contributed by atoms with Gasteiger partial charge >= 0.3 is 0 Å². The summed E-state index contributed by atoms with van der Waals surface area (Å²) in [4.78, 5) is 13.1. The summed E-state index contributed by atoms with van der Waals surface area (Å²) in [6.45, 7) is 3.52. The number of rotatable bonds is 5. The van der Waals surface area contributed by atoms with Crippen molar-refractivity contribution in [3.63, 3.8) is 0 Å². The molecule has 7 nitrogen and oxygen atoms in total. The van der Waals surface area contributed by atoms with E-state index in [-0.39, 0.29) is 22.8 Å². The first kappa shape index (κ1) is 23.2. The molecule has 1 saturated heterocycles. The zero-order valence-electron chi connectivity index (χ0n) is 19.6. The molecule has 1 aliphatic carbocycles. The molecular weight excluding hydrogens is 452 g/mol. The van der Waals surface area contributed by atoms with E-state index in [1.165, 1.54) is 34.3 Å². The molecule has 0 spiro atoms. The molecule has 2 aromatic rings. The van der Waals surface area contributed by atoms with E-state index < -0.39 is 10.0 Å². The Bertz CT molecular complexity index is 1170.